The Morgan fingerprint density at radius 2 is 1.15 bits per heavy atom. The lowest BCUT2D eigenvalue weighted by atomic mass is 9.80. The molecule has 2 atom stereocenters. The summed E-state index contributed by atoms with van der Waals surface area (Å²) in [5.41, 5.74) is 14.9. The predicted octanol–water partition coefficient (Wildman–Crippen LogP) is 7.64. The van der Waals surface area contributed by atoms with Crippen molar-refractivity contribution < 1.29 is 41.2 Å². The third-order valence-corrected chi connectivity index (χ3v) is 11.7. The first-order valence-corrected chi connectivity index (χ1v) is 19.8. The van der Waals surface area contributed by atoms with Gasteiger partial charge in [0.25, 0.3) is 12.0 Å². The van der Waals surface area contributed by atoms with Crippen LogP contribution in [0, 0.1) is 27.4 Å². The summed E-state index contributed by atoms with van der Waals surface area (Å²) in [6.45, 7) is 1.09. The minimum Gasteiger partial charge on any atom is -0.462 e. The third-order valence-electron chi connectivity index (χ3n) is 10.9. The molecule has 306 valence electrons. The summed E-state index contributed by atoms with van der Waals surface area (Å²) in [6, 6.07) is 20.2. The van der Waals surface area contributed by atoms with Crippen LogP contribution in [-0.4, -0.2) is 58.4 Å². The van der Waals surface area contributed by atoms with Gasteiger partial charge in [-0.3, -0.25) is 0 Å². The molecule has 2 spiro atoms. The number of aromatic nitrogens is 4. The molecule has 18 heteroatoms. The van der Waals surface area contributed by atoms with Crippen molar-refractivity contribution in [3.63, 3.8) is 0 Å². The molecule has 6 aromatic rings. The van der Waals surface area contributed by atoms with E-state index < -0.39 is 34.9 Å². The smallest absolute Gasteiger partial charge is 0.283 e. The Labute approximate surface area is 357 Å². The number of benzene rings is 2. The molecule has 2 aromatic carbocycles. The summed E-state index contributed by atoms with van der Waals surface area (Å²) in [4.78, 5) is 24.6. The Morgan fingerprint density at radius 1 is 0.607 bits per heavy atom. The number of nitrogens with zero attached hydrogens (tertiary/aromatic N) is 6. The van der Waals surface area contributed by atoms with Crippen molar-refractivity contribution in [3.05, 3.63) is 146 Å². The molecule has 0 radical (unpaired) electrons. The number of halogens is 5. The fourth-order valence-corrected chi connectivity index (χ4v) is 8.44. The van der Waals surface area contributed by atoms with Gasteiger partial charge in [0.15, 0.2) is 11.1 Å². The summed E-state index contributed by atoms with van der Waals surface area (Å²) in [5.74, 6) is -1.40. The Bertz CT molecular complexity index is 2920. The minimum absolute atomic E-state index is 0.00270. The second kappa shape index (κ2) is 14.8. The first kappa shape index (κ1) is 38.5. The topological polar surface area (TPSA) is 174 Å². The Morgan fingerprint density at radius 3 is 1.64 bits per heavy atom. The zero-order valence-electron chi connectivity index (χ0n) is 31.5. The lowest BCUT2D eigenvalue weighted by Crippen LogP contribution is -2.32. The molecular formula is C43H29F4IN8O5. The van der Waals surface area contributed by atoms with Crippen molar-refractivity contribution in [1.82, 2.24) is 19.9 Å². The zero-order chi connectivity index (χ0) is 42.0. The highest BCUT2D eigenvalue weighted by Crippen LogP contribution is 2.53. The maximum absolute atomic E-state index is 15.0. The summed E-state index contributed by atoms with van der Waals surface area (Å²) in [5, 5.41) is 0. The van der Waals surface area contributed by atoms with Gasteiger partial charge in [-0.15, -0.1) is 0 Å². The van der Waals surface area contributed by atoms with Gasteiger partial charge in [0, 0.05) is 40.2 Å². The van der Waals surface area contributed by atoms with Crippen LogP contribution in [0.25, 0.3) is 27.8 Å². The number of hydrogen-bond acceptors (Lipinski definition) is 13. The normalized spacial score (nSPS) is 20.2. The van der Waals surface area contributed by atoms with Crippen LogP contribution in [0.4, 0.5) is 17.6 Å². The Hall–Kier alpha value is -6.67. The van der Waals surface area contributed by atoms with Crippen molar-refractivity contribution in [2.24, 2.45) is 21.5 Å². The third kappa shape index (κ3) is 6.47. The monoisotopic (exact) mass is 940 g/mol. The molecule has 2 unspecified atom stereocenters. The average molecular weight is 941 g/mol. The number of aliphatic imine (C=N–C) groups is 2. The van der Waals surface area contributed by atoms with E-state index in [0.717, 1.165) is 5.57 Å². The van der Waals surface area contributed by atoms with E-state index in [-0.39, 0.29) is 37.0 Å². The number of pyridine rings is 4. The first-order valence-electron chi connectivity index (χ1n) is 18.7. The molecule has 13 nitrogen and oxygen atoms in total. The predicted molar refractivity (Wildman–Crippen MR) is 221 cm³/mol. The van der Waals surface area contributed by atoms with Gasteiger partial charge in [-0.2, -0.15) is 27.5 Å². The van der Waals surface area contributed by atoms with Crippen LogP contribution in [0.2, 0.25) is 0 Å². The van der Waals surface area contributed by atoms with E-state index >= 15 is 4.39 Å². The summed E-state index contributed by atoms with van der Waals surface area (Å²) in [6.07, 6.45) is 5.18. The summed E-state index contributed by atoms with van der Waals surface area (Å²) < 4.78 is 86.1. The number of hydrogen-bond donors (Lipinski definition) is 2. The molecule has 4 aromatic heterocycles. The molecule has 9 heterocycles. The van der Waals surface area contributed by atoms with E-state index in [4.69, 9.17) is 35.2 Å². The van der Waals surface area contributed by atoms with Crippen LogP contribution in [0.1, 0.15) is 34.2 Å². The zero-order valence-corrected chi connectivity index (χ0v) is 33.6. The second-order valence-corrected chi connectivity index (χ2v) is 15.5. The number of rotatable bonds is 3. The maximum atomic E-state index is 15.0. The summed E-state index contributed by atoms with van der Waals surface area (Å²) >= 11 is 1.85. The van der Waals surface area contributed by atoms with Gasteiger partial charge in [0.2, 0.25) is 35.6 Å². The van der Waals surface area contributed by atoms with Crippen molar-refractivity contribution in [2.75, 3.05) is 26.4 Å². The molecular weight excluding hydrogens is 911 g/mol. The molecule has 0 saturated carbocycles. The second-order valence-electron chi connectivity index (χ2n) is 14.4. The van der Waals surface area contributed by atoms with E-state index in [9.17, 15) is 13.2 Å². The van der Waals surface area contributed by atoms with E-state index in [2.05, 4.69) is 29.9 Å². The lowest BCUT2D eigenvalue weighted by Gasteiger charge is -2.33. The van der Waals surface area contributed by atoms with Crippen LogP contribution in [-0.2, 0) is 25.3 Å². The van der Waals surface area contributed by atoms with Crippen LogP contribution < -0.4 is 20.9 Å². The van der Waals surface area contributed by atoms with E-state index in [1.165, 1.54) is 12.4 Å². The van der Waals surface area contributed by atoms with Crippen LogP contribution >= 0.6 is 22.6 Å². The maximum Gasteiger partial charge on any atom is 0.283 e. The van der Waals surface area contributed by atoms with Crippen LogP contribution in [0.3, 0.4) is 0 Å². The van der Waals surface area contributed by atoms with Gasteiger partial charge in [-0.1, -0.05) is 18.2 Å². The van der Waals surface area contributed by atoms with E-state index in [1.807, 2.05) is 28.7 Å². The number of fused-ring (bicyclic) bond motifs is 8. The van der Waals surface area contributed by atoms with Crippen LogP contribution in [0.15, 0.2) is 101 Å². The average Bonchev–Trinajstić information content (AvgIpc) is 3.85. The Kier molecular flexibility index (Phi) is 9.35. The molecule has 5 aliphatic rings. The van der Waals surface area contributed by atoms with Gasteiger partial charge in [-0.05, 0) is 106 Å². The van der Waals surface area contributed by atoms with Gasteiger partial charge < -0.3 is 35.2 Å². The molecule has 5 aliphatic heterocycles. The highest BCUT2D eigenvalue weighted by atomic mass is 127. The molecule has 0 fully saturated rings. The van der Waals surface area contributed by atoms with E-state index in [1.54, 1.807) is 72.8 Å². The molecule has 61 heavy (non-hydrogen) atoms. The molecule has 0 bridgehead atoms. The largest absolute Gasteiger partial charge is 0.462 e. The Balaban J connectivity index is 0.000000148. The van der Waals surface area contributed by atoms with E-state index in [0.29, 0.717) is 84.8 Å². The van der Waals surface area contributed by atoms with Gasteiger partial charge >= 0.3 is 0 Å². The van der Waals surface area contributed by atoms with Crippen LogP contribution in [0.5, 0.6) is 23.3 Å². The fraction of sp³-hybridized carbons (Fsp3) is 0.163. The van der Waals surface area contributed by atoms with Gasteiger partial charge in [-0.25, -0.2) is 20.0 Å². The molecule has 0 saturated heterocycles. The molecule has 0 amide bonds. The quantitative estimate of drug-likeness (QED) is 0.101. The fourth-order valence-electron chi connectivity index (χ4n) is 8.01. The first-order chi connectivity index (χ1) is 29.5. The van der Waals surface area contributed by atoms with Crippen molar-refractivity contribution in [1.29, 1.82) is 0 Å². The van der Waals surface area contributed by atoms with Gasteiger partial charge in [0.05, 0.1) is 27.9 Å². The number of ether oxygens (including phenoxy) is 5. The van der Waals surface area contributed by atoms with Crippen molar-refractivity contribution in [3.8, 4) is 45.5 Å². The van der Waals surface area contributed by atoms with Gasteiger partial charge in [0.1, 0.15) is 24.7 Å². The molecule has 0 aliphatic carbocycles. The summed E-state index contributed by atoms with van der Waals surface area (Å²) in [7, 11) is 0. The highest BCUT2D eigenvalue weighted by Gasteiger charge is 2.50. The van der Waals surface area contributed by atoms with Crippen molar-refractivity contribution in [2.45, 2.75) is 17.5 Å². The number of amidine groups is 2. The number of nitrogens with two attached hydrogens (primary N) is 2. The lowest BCUT2D eigenvalue weighted by molar-refractivity contribution is 0.161. The molecule has 11 rings (SSSR count). The standard InChI is InChI=1S/C24H18F2N4O3.C19H11F2IN4O2/c25-20-15(2-1-7-28-20)14-3-4-19-17(10-14)24(12-32-23(27)30-24)18-11-16(13-5-8-31-9-6-13)21(26)29-22(18)33-19;20-15-10(2-1-5-24-15)9-3-4-14-11(6-9)19(8-27-18(23)26-19)12-7-13(22)16(21)25-17(12)28-14/h1-5,7,10-11H,6,8-9,12H2,(H2,27,30);1-7H,8H2,(H2,23,26). The molecule has 4 N–H and O–H groups in total. The van der Waals surface area contributed by atoms with Crippen molar-refractivity contribution >= 4 is 40.2 Å². The minimum atomic E-state index is -1.11. The highest BCUT2D eigenvalue weighted by molar-refractivity contribution is 14.1. The SMILES string of the molecule is NC1=NC2(CO1)c1cc(-c3cccnc3F)ccc1Oc1nc(F)c(C3=CCOCC3)cc12.NC1=NC2(CO1)c1cc(-c3cccnc3F)ccc1Oc1nc(F)c(I)cc12.